The van der Waals surface area contributed by atoms with E-state index < -0.39 is 15.8 Å². The molecule has 0 aliphatic carbocycles. The van der Waals surface area contributed by atoms with Crippen LogP contribution in [0.3, 0.4) is 0 Å². The van der Waals surface area contributed by atoms with Crippen LogP contribution < -0.4 is 4.31 Å². The fourth-order valence-corrected chi connectivity index (χ4v) is 3.67. The van der Waals surface area contributed by atoms with Gasteiger partial charge in [-0.3, -0.25) is 4.31 Å². The zero-order valence-electron chi connectivity index (χ0n) is 13.9. The van der Waals surface area contributed by atoms with Gasteiger partial charge in [-0.1, -0.05) is 12.1 Å². The zero-order chi connectivity index (χ0) is 17.9. The molecule has 1 aliphatic rings. The van der Waals surface area contributed by atoms with Crippen LogP contribution in [-0.2, 0) is 27.8 Å². The third kappa shape index (κ3) is 4.31. The standard InChI is InChI=1S/C15H20FN5O3S/c1-25(22,23)21(14-5-3-2-4-13(14)16)11-15-17-18-19-20(15)10-12-6-8-24-9-7-12/h2-5,12H,6-11H2,1H3. The largest absolute Gasteiger partial charge is 0.381 e. The highest BCUT2D eigenvalue weighted by atomic mass is 32.2. The molecule has 1 fully saturated rings. The van der Waals surface area contributed by atoms with E-state index in [1.165, 1.54) is 18.2 Å². The summed E-state index contributed by atoms with van der Waals surface area (Å²) in [7, 11) is -3.70. The Morgan fingerprint density at radius 3 is 2.72 bits per heavy atom. The number of halogens is 1. The molecule has 136 valence electrons. The second-order valence-electron chi connectivity index (χ2n) is 6.05. The van der Waals surface area contributed by atoms with E-state index >= 15 is 0 Å². The number of anilines is 1. The fraction of sp³-hybridized carbons (Fsp3) is 0.533. The second-order valence-corrected chi connectivity index (χ2v) is 7.96. The number of sulfonamides is 1. The van der Waals surface area contributed by atoms with Crippen LogP contribution in [0.15, 0.2) is 24.3 Å². The molecule has 8 nitrogen and oxygen atoms in total. The molecular weight excluding hydrogens is 349 g/mol. The predicted molar refractivity (Wildman–Crippen MR) is 88.8 cm³/mol. The van der Waals surface area contributed by atoms with Crippen LogP contribution in [0.25, 0.3) is 0 Å². The highest BCUT2D eigenvalue weighted by Gasteiger charge is 2.24. The van der Waals surface area contributed by atoms with Gasteiger partial charge in [-0.2, -0.15) is 0 Å². The van der Waals surface area contributed by atoms with Crippen molar-refractivity contribution in [2.75, 3.05) is 23.8 Å². The van der Waals surface area contributed by atoms with E-state index in [-0.39, 0.29) is 12.2 Å². The number of para-hydroxylation sites is 1. The van der Waals surface area contributed by atoms with E-state index in [4.69, 9.17) is 4.74 Å². The predicted octanol–water partition coefficient (Wildman–Crippen LogP) is 1.20. The Bertz CT molecular complexity index is 820. The quantitative estimate of drug-likeness (QED) is 0.760. The highest BCUT2D eigenvalue weighted by molar-refractivity contribution is 7.92. The van der Waals surface area contributed by atoms with Gasteiger partial charge in [-0.25, -0.2) is 17.5 Å². The molecule has 2 aromatic rings. The Morgan fingerprint density at radius 1 is 1.32 bits per heavy atom. The van der Waals surface area contributed by atoms with Crippen molar-refractivity contribution < 1.29 is 17.5 Å². The van der Waals surface area contributed by atoms with Crippen molar-refractivity contribution in [2.45, 2.75) is 25.9 Å². The van der Waals surface area contributed by atoms with Crippen molar-refractivity contribution in [3.63, 3.8) is 0 Å². The number of ether oxygens (including phenoxy) is 1. The normalized spacial score (nSPS) is 16.1. The molecule has 0 radical (unpaired) electrons. The minimum Gasteiger partial charge on any atom is -0.381 e. The maximum atomic E-state index is 14.1. The molecule has 1 saturated heterocycles. The maximum Gasteiger partial charge on any atom is 0.232 e. The monoisotopic (exact) mass is 369 g/mol. The maximum absolute atomic E-state index is 14.1. The lowest BCUT2D eigenvalue weighted by Crippen LogP contribution is -2.32. The summed E-state index contributed by atoms with van der Waals surface area (Å²) in [5.41, 5.74) is -0.0226. The van der Waals surface area contributed by atoms with E-state index in [9.17, 15) is 12.8 Å². The Balaban J connectivity index is 1.84. The molecule has 3 rings (SSSR count). The zero-order valence-corrected chi connectivity index (χ0v) is 14.7. The molecule has 10 heteroatoms. The summed E-state index contributed by atoms with van der Waals surface area (Å²) in [5, 5.41) is 11.5. The molecule has 0 N–H and O–H groups in total. The molecular formula is C15H20FN5O3S. The Labute approximate surface area is 145 Å². The van der Waals surface area contributed by atoms with Gasteiger partial charge in [0.1, 0.15) is 5.82 Å². The van der Waals surface area contributed by atoms with Gasteiger partial charge in [0.15, 0.2) is 5.82 Å². The lowest BCUT2D eigenvalue weighted by molar-refractivity contribution is 0.0597. The molecule has 0 bridgehead atoms. The molecule has 1 aliphatic heterocycles. The van der Waals surface area contributed by atoms with E-state index in [0.29, 0.717) is 31.5 Å². The Morgan fingerprint density at radius 2 is 2.04 bits per heavy atom. The molecule has 1 aromatic carbocycles. The number of aromatic nitrogens is 4. The Hall–Kier alpha value is -2.07. The van der Waals surface area contributed by atoms with Crippen LogP contribution in [0.4, 0.5) is 10.1 Å². The highest BCUT2D eigenvalue weighted by Crippen LogP contribution is 2.24. The molecule has 1 aromatic heterocycles. The summed E-state index contributed by atoms with van der Waals surface area (Å²) in [6.45, 7) is 1.86. The lowest BCUT2D eigenvalue weighted by atomic mass is 10.0. The van der Waals surface area contributed by atoms with E-state index in [0.717, 1.165) is 23.4 Å². The van der Waals surface area contributed by atoms with Gasteiger partial charge in [-0.05, 0) is 41.3 Å². The number of benzene rings is 1. The summed E-state index contributed by atoms with van der Waals surface area (Å²) >= 11 is 0. The third-order valence-electron chi connectivity index (χ3n) is 4.18. The van der Waals surface area contributed by atoms with Gasteiger partial charge in [0, 0.05) is 19.8 Å². The van der Waals surface area contributed by atoms with E-state index in [1.54, 1.807) is 10.7 Å². The van der Waals surface area contributed by atoms with Crippen LogP contribution in [0, 0.1) is 11.7 Å². The van der Waals surface area contributed by atoms with Crippen LogP contribution in [0.5, 0.6) is 0 Å². The number of nitrogens with zero attached hydrogens (tertiary/aromatic N) is 5. The number of hydrogen-bond donors (Lipinski definition) is 0. The first-order valence-corrected chi connectivity index (χ1v) is 9.85. The van der Waals surface area contributed by atoms with Gasteiger partial charge in [0.05, 0.1) is 18.5 Å². The van der Waals surface area contributed by atoms with Crippen LogP contribution >= 0.6 is 0 Å². The van der Waals surface area contributed by atoms with Crippen LogP contribution in [0.2, 0.25) is 0 Å². The van der Waals surface area contributed by atoms with Crippen molar-refractivity contribution in [3.05, 3.63) is 35.9 Å². The number of hydrogen-bond acceptors (Lipinski definition) is 6. The number of rotatable bonds is 6. The van der Waals surface area contributed by atoms with Crippen molar-refractivity contribution >= 4 is 15.7 Å². The molecule has 0 amide bonds. The number of tetrazole rings is 1. The van der Waals surface area contributed by atoms with Crippen molar-refractivity contribution in [1.82, 2.24) is 20.2 Å². The van der Waals surface area contributed by atoms with Gasteiger partial charge in [0.2, 0.25) is 10.0 Å². The molecule has 0 atom stereocenters. The first-order valence-electron chi connectivity index (χ1n) is 8.00. The summed E-state index contributed by atoms with van der Waals surface area (Å²) in [4.78, 5) is 0. The molecule has 0 unspecified atom stereocenters. The van der Waals surface area contributed by atoms with Gasteiger partial charge in [-0.15, -0.1) is 5.10 Å². The summed E-state index contributed by atoms with van der Waals surface area (Å²) in [6.07, 6.45) is 2.84. The fourth-order valence-electron chi connectivity index (χ4n) is 2.82. The molecule has 0 spiro atoms. The van der Waals surface area contributed by atoms with Gasteiger partial charge >= 0.3 is 0 Å². The molecule has 25 heavy (non-hydrogen) atoms. The summed E-state index contributed by atoms with van der Waals surface area (Å²) in [6, 6.07) is 5.73. The first kappa shape index (κ1) is 17.7. The minimum atomic E-state index is -3.70. The molecule has 0 saturated carbocycles. The van der Waals surface area contributed by atoms with Gasteiger partial charge in [0.25, 0.3) is 0 Å². The van der Waals surface area contributed by atoms with E-state index in [2.05, 4.69) is 15.5 Å². The topological polar surface area (TPSA) is 90.2 Å². The minimum absolute atomic E-state index is 0.0226. The summed E-state index contributed by atoms with van der Waals surface area (Å²) in [5.74, 6) is 0.132. The SMILES string of the molecule is CS(=O)(=O)N(Cc1nnnn1CC1CCOCC1)c1ccccc1F. The smallest absolute Gasteiger partial charge is 0.232 e. The van der Waals surface area contributed by atoms with Crippen LogP contribution in [-0.4, -0.2) is 48.1 Å². The van der Waals surface area contributed by atoms with Gasteiger partial charge < -0.3 is 4.74 Å². The van der Waals surface area contributed by atoms with Crippen LogP contribution in [0.1, 0.15) is 18.7 Å². The summed E-state index contributed by atoms with van der Waals surface area (Å²) < 4.78 is 46.4. The average Bonchev–Trinajstić information content (AvgIpc) is 3.00. The average molecular weight is 369 g/mol. The lowest BCUT2D eigenvalue weighted by Gasteiger charge is -2.24. The van der Waals surface area contributed by atoms with Crippen molar-refractivity contribution in [2.24, 2.45) is 5.92 Å². The second kappa shape index (κ2) is 7.44. The molecule has 2 heterocycles. The third-order valence-corrected chi connectivity index (χ3v) is 5.31. The van der Waals surface area contributed by atoms with Crippen molar-refractivity contribution in [1.29, 1.82) is 0 Å². The van der Waals surface area contributed by atoms with Crippen molar-refractivity contribution in [3.8, 4) is 0 Å². The first-order chi connectivity index (χ1) is 11.9. The Kier molecular flexibility index (Phi) is 5.28. The van der Waals surface area contributed by atoms with E-state index in [1.807, 2.05) is 0 Å².